The first kappa shape index (κ1) is 42.7. The molecule has 0 spiro atoms. The Morgan fingerprint density at radius 3 is 2.16 bits per heavy atom. The number of nitrogens with zero attached hydrogens (tertiary/aromatic N) is 4. The van der Waals surface area contributed by atoms with Gasteiger partial charge in [-0.3, -0.25) is 34.2 Å². The number of rotatable bonds is 13. The summed E-state index contributed by atoms with van der Waals surface area (Å²) < 4.78 is 35.9. The second-order valence-electron chi connectivity index (χ2n) is 16.0. The zero-order chi connectivity index (χ0) is 43.7. The van der Waals surface area contributed by atoms with Gasteiger partial charge in [-0.15, -0.1) is 0 Å². The van der Waals surface area contributed by atoms with Crippen LogP contribution in [0.1, 0.15) is 102 Å². The Morgan fingerprint density at radius 2 is 1.56 bits per heavy atom. The summed E-state index contributed by atoms with van der Waals surface area (Å²) in [5.41, 5.74) is 7.94. The van der Waals surface area contributed by atoms with Crippen LogP contribution >= 0.6 is 0 Å². The Morgan fingerprint density at radius 1 is 0.869 bits per heavy atom. The summed E-state index contributed by atoms with van der Waals surface area (Å²) in [6.45, 7) is 7.59. The molecule has 3 heterocycles. The number of imide groups is 2. The minimum atomic E-state index is -2.74. The van der Waals surface area contributed by atoms with E-state index in [0.29, 0.717) is 54.2 Å². The van der Waals surface area contributed by atoms with Gasteiger partial charge in [-0.2, -0.15) is 0 Å². The van der Waals surface area contributed by atoms with E-state index >= 15 is 8.78 Å². The van der Waals surface area contributed by atoms with Crippen LogP contribution in [0.2, 0.25) is 0 Å². The molecule has 1 atom stereocenters. The molecule has 0 aromatic heterocycles. The zero-order valence-corrected chi connectivity index (χ0v) is 35.4. The number of methoxy groups -OCH3 is 1. The number of halogens is 2. The lowest BCUT2D eigenvalue weighted by Gasteiger charge is -2.34. The second kappa shape index (κ2) is 17.7. The molecule has 2 fully saturated rings. The molecule has 3 aliphatic heterocycles. The molecule has 61 heavy (non-hydrogen) atoms. The quantitative estimate of drug-likeness (QED) is 0.0804. The first-order valence-electron chi connectivity index (χ1n) is 20.7. The van der Waals surface area contributed by atoms with Crippen molar-refractivity contribution in [2.45, 2.75) is 71.3 Å². The van der Waals surface area contributed by atoms with E-state index in [2.05, 4.69) is 10.2 Å². The highest BCUT2D eigenvalue weighted by molar-refractivity contribution is 6.23. The largest absolute Gasteiger partial charge is 0.497 e. The molecule has 0 aliphatic carbocycles. The van der Waals surface area contributed by atoms with E-state index in [1.54, 1.807) is 32.2 Å². The van der Waals surface area contributed by atoms with Gasteiger partial charge in [0.2, 0.25) is 11.8 Å². The minimum Gasteiger partial charge on any atom is -0.497 e. The van der Waals surface area contributed by atoms with Gasteiger partial charge in [-0.1, -0.05) is 31.2 Å². The van der Waals surface area contributed by atoms with Gasteiger partial charge in [0.05, 0.1) is 23.9 Å². The van der Waals surface area contributed by atoms with Gasteiger partial charge in [0.25, 0.3) is 18.2 Å². The lowest BCUT2D eigenvalue weighted by atomic mass is 9.87. The van der Waals surface area contributed by atoms with Crippen LogP contribution in [-0.2, 0) is 20.8 Å². The number of fused-ring (bicyclic) bond motifs is 1. The number of aryl methyl sites for hydroxylation is 1. The highest BCUT2D eigenvalue weighted by Gasteiger charge is 2.45. The highest BCUT2D eigenvalue weighted by atomic mass is 19.3. The van der Waals surface area contributed by atoms with E-state index < -0.39 is 36.1 Å². The van der Waals surface area contributed by atoms with Crippen molar-refractivity contribution in [3.8, 4) is 16.9 Å². The van der Waals surface area contributed by atoms with Crippen LogP contribution in [0, 0.1) is 0 Å². The number of allylic oxidation sites excluding steroid dienone is 1. The van der Waals surface area contributed by atoms with Crippen LogP contribution in [0.3, 0.4) is 0 Å². The van der Waals surface area contributed by atoms with Crippen molar-refractivity contribution < 1.29 is 37.5 Å². The number of hydrogen-bond donors (Lipinski definition) is 1. The van der Waals surface area contributed by atoms with Gasteiger partial charge >= 0.3 is 0 Å². The number of carbonyl (C=O) groups is 5. The number of amides is 4. The van der Waals surface area contributed by atoms with E-state index in [4.69, 9.17) is 4.74 Å². The number of aldehydes is 1. The molecule has 3 aliphatic rings. The number of ether oxygens (including phenoxy) is 1. The molecule has 1 unspecified atom stereocenters. The van der Waals surface area contributed by atoms with Crippen LogP contribution in [0.5, 0.6) is 5.75 Å². The molecular formula is C48H51F2N5O6. The van der Waals surface area contributed by atoms with E-state index in [1.165, 1.54) is 0 Å². The molecule has 4 aromatic rings. The van der Waals surface area contributed by atoms with Gasteiger partial charge in [0.15, 0.2) is 0 Å². The Balaban J connectivity index is 1.11. The summed E-state index contributed by atoms with van der Waals surface area (Å²) in [4.78, 5) is 69.6. The lowest BCUT2D eigenvalue weighted by Crippen LogP contribution is -2.54. The fourth-order valence-electron chi connectivity index (χ4n) is 8.86. The Kier molecular flexibility index (Phi) is 12.4. The van der Waals surface area contributed by atoms with Gasteiger partial charge in [-0.05, 0) is 110 Å². The summed E-state index contributed by atoms with van der Waals surface area (Å²) in [6.07, 6.45) is 2.26. The van der Waals surface area contributed by atoms with Crippen LogP contribution in [-0.4, -0.2) is 81.7 Å². The molecule has 318 valence electrons. The topological polar surface area (TPSA) is 120 Å². The van der Waals surface area contributed by atoms with E-state index in [-0.39, 0.29) is 35.4 Å². The summed E-state index contributed by atoms with van der Waals surface area (Å²) >= 11 is 0. The third-order valence-corrected chi connectivity index (χ3v) is 12.1. The van der Waals surface area contributed by atoms with Gasteiger partial charge in [0.1, 0.15) is 18.1 Å². The average Bonchev–Trinajstić information content (AvgIpc) is 3.51. The second-order valence-corrected chi connectivity index (χ2v) is 16.0. The highest BCUT2D eigenvalue weighted by Crippen LogP contribution is 2.44. The summed E-state index contributed by atoms with van der Waals surface area (Å²) in [6, 6.07) is 19.3. The summed E-state index contributed by atoms with van der Waals surface area (Å²) in [7, 11) is 5.40. The van der Waals surface area contributed by atoms with Crippen molar-refractivity contribution in [2.24, 2.45) is 0 Å². The van der Waals surface area contributed by atoms with Crippen molar-refractivity contribution in [1.29, 1.82) is 0 Å². The number of anilines is 4. The van der Waals surface area contributed by atoms with Crippen molar-refractivity contribution in [2.75, 3.05) is 55.5 Å². The smallest absolute Gasteiger partial charge is 0.264 e. The zero-order valence-electron chi connectivity index (χ0n) is 35.4. The fraction of sp³-hybridized carbons (Fsp3) is 0.354. The fourth-order valence-corrected chi connectivity index (χ4v) is 8.86. The van der Waals surface area contributed by atoms with E-state index in [9.17, 15) is 24.0 Å². The monoisotopic (exact) mass is 831 g/mol. The predicted molar refractivity (Wildman–Crippen MR) is 233 cm³/mol. The number of piperidine rings is 2. The van der Waals surface area contributed by atoms with Crippen molar-refractivity contribution in [3.63, 3.8) is 0 Å². The minimum absolute atomic E-state index is 0.0583. The van der Waals surface area contributed by atoms with Crippen LogP contribution in [0.25, 0.3) is 17.2 Å². The van der Waals surface area contributed by atoms with Gasteiger partial charge in [-0.25, -0.2) is 8.78 Å². The van der Waals surface area contributed by atoms with Crippen molar-refractivity contribution >= 4 is 58.7 Å². The predicted octanol–water partition coefficient (Wildman–Crippen LogP) is 8.47. The Bertz CT molecular complexity index is 2420. The summed E-state index contributed by atoms with van der Waals surface area (Å²) in [5.74, 6) is -1.30. The normalized spacial score (nSPS) is 17.2. The third kappa shape index (κ3) is 8.25. The molecule has 1 N–H and O–H groups in total. The molecule has 7 rings (SSSR count). The molecule has 2 saturated heterocycles. The number of nitrogens with one attached hydrogen (secondary N) is 1. The maximum Gasteiger partial charge on any atom is 0.264 e. The Hall–Kier alpha value is -6.37. The standard InChI is InChI=1S/C48H51F2N5O6/c1-7-29-22-36(37(45(49)50)26-41(29)54(8-2)43-25-34(61-6)24-42(52(4)5)39(43)21-28(3)27-56)32-11-9-30(10-12-32)31-17-19-53(20-18-31)33-13-14-35-38(23-33)48(60)55(47(35)59)40-15-16-44(57)51-46(40)58/h9-14,21-27,31,40,45H,7-8,15-20H2,1-6H3,(H,51,57,58)/b28-21-. The van der Waals surface area contributed by atoms with Gasteiger partial charge in [0, 0.05) is 80.5 Å². The Labute approximate surface area is 354 Å². The number of carbonyl (C=O) groups excluding carboxylic acids is 5. The molecule has 4 aromatic carbocycles. The molecule has 0 saturated carbocycles. The summed E-state index contributed by atoms with van der Waals surface area (Å²) in [5, 5.41) is 2.23. The van der Waals surface area contributed by atoms with E-state index in [1.807, 2.05) is 92.3 Å². The first-order chi connectivity index (χ1) is 29.3. The van der Waals surface area contributed by atoms with Crippen molar-refractivity contribution in [1.82, 2.24) is 10.2 Å². The molecule has 13 heteroatoms. The molecule has 0 bridgehead atoms. The van der Waals surface area contributed by atoms with Crippen LogP contribution in [0.4, 0.5) is 31.5 Å². The van der Waals surface area contributed by atoms with E-state index in [0.717, 1.165) is 57.8 Å². The molecule has 4 amide bonds. The maximum absolute atomic E-state index is 15.1. The van der Waals surface area contributed by atoms with Crippen molar-refractivity contribution in [3.05, 3.63) is 106 Å². The lowest BCUT2D eigenvalue weighted by molar-refractivity contribution is -0.136. The molecular weight excluding hydrogens is 781 g/mol. The maximum atomic E-state index is 15.1. The number of hydrogen-bond acceptors (Lipinski definition) is 9. The number of alkyl halides is 2. The number of benzene rings is 4. The first-order valence-corrected chi connectivity index (χ1v) is 20.7. The van der Waals surface area contributed by atoms with Crippen LogP contribution in [0.15, 0.2) is 72.3 Å². The SMILES string of the molecule is CCc1cc(-c2ccc(C3CCN(c4ccc5c(c4)C(=O)N(C4CCC(=O)NC4=O)C5=O)CC3)cc2)c(C(F)F)cc1N(CC)c1cc(OC)cc(N(C)C)c1/C=C(/C)C=O. The average molecular weight is 832 g/mol. The molecule has 11 nitrogen and oxygen atoms in total. The van der Waals surface area contributed by atoms with Gasteiger partial charge < -0.3 is 19.4 Å². The third-order valence-electron chi connectivity index (χ3n) is 12.1. The van der Waals surface area contributed by atoms with Crippen LogP contribution < -0.4 is 24.8 Å². The molecule has 0 radical (unpaired) electrons.